The maximum Gasteiger partial charge on any atom is 0.191 e. The third-order valence-corrected chi connectivity index (χ3v) is 5.52. The molecule has 1 fully saturated rings. The number of guanidine groups is 1. The van der Waals surface area contributed by atoms with Crippen LogP contribution in [0.25, 0.3) is 5.65 Å². The van der Waals surface area contributed by atoms with E-state index in [0.717, 1.165) is 49.9 Å². The summed E-state index contributed by atoms with van der Waals surface area (Å²) in [6.45, 7) is 5.07. The molecule has 2 aromatic heterocycles. The van der Waals surface area contributed by atoms with Crippen LogP contribution < -0.4 is 10.6 Å². The minimum absolute atomic E-state index is 0. The average molecular weight is 519 g/mol. The number of nitrogens with zero attached hydrogens (tertiary/aromatic N) is 5. The lowest BCUT2D eigenvalue weighted by atomic mass is 10.2. The summed E-state index contributed by atoms with van der Waals surface area (Å²) in [6.07, 6.45) is 3.90. The first kappa shape index (κ1) is 22.5. The van der Waals surface area contributed by atoms with Crippen LogP contribution in [0.2, 0.25) is 0 Å². The van der Waals surface area contributed by atoms with Gasteiger partial charge in [-0.2, -0.15) is 0 Å². The lowest BCUT2D eigenvalue weighted by Crippen LogP contribution is -2.45. The summed E-state index contributed by atoms with van der Waals surface area (Å²) in [4.78, 5) is 6.93. The van der Waals surface area contributed by atoms with Crippen LogP contribution in [0.4, 0.5) is 0 Å². The van der Waals surface area contributed by atoms with Gasteiger partial charge in [-0.25, -0.2) is 0 Å². The summed E-state index contributed by atoms with van der Waals surface area (Å²) in [5, 5.41) is 15.5. The van der Waals surface area contributed by atoms with Crippen LogP contribution >= 0.6 is 24.0 Å². The average Bonchev–Trinajstić information content (AvgIpc) is 3.31. The summed E-state index contributed by atoms with van der Waals surface area (Å²) in [7, 11) is 1.82. The van der Waals surface area contributed by atoms with Gasteiger partial charge in [-0.3, -0.25) is 14.3 Å². The molecule has 1 aliphatic rings. The smallest absolute Gasteiger partial charge is 0.191 e. The maximum absolute atomic E-state index is 4.40. The summed E-state index contributed by atoms with van der Waals surface area (Å²) >= 11 is 0. The number of aromatic nitrogens is 3. The summed E-state index contributed by atoms with van der Waals surface area (Å²) in [5.74, 6) is 1.80. The van der Waals surface area contributed by atoms with E-state index in [-0.39, 0.29) is 24.0 Å². The first-order valence-corrected chi connectivity index (χ1v) is 10.3. The van der Waals surface area contributed by atoms with Crippen molar-refractivity contribution in [1.29, 1.82) is 0 Å². The molecule has 2 N–H and O–H groups in total. The van der Waals surface area contributed by atoms with Gasteiger partial charge in [-0.05, 0) is 31.0 Å². The highest BCUT2D eigenvalue weighted by molar-refractivity contribution is 14.0. The van der Waals surface area contributed by atoms with Gasteiger partial charge >= 0.3 is 0 Å². The van der Waals surface area contributed by atoms with Crippen LogP contribution in [0, 0.1) is 0 Å². The van der Waals surface area contributed by atoms with E-state index in [1.807, 2.05) is 35.8 Å². The fraction of sp³-hybridized carbons (Fsp3) is 0.409. The van der Waals surface area contributed by atoms with Gasteiger partial charge in [-0.15, -0.1) is 34.2 Å². The Hall–Kier alpha value is -2.20. The standard InChI is InChI=1S/C22H29N7.HI/c1-17-14-19(16-28(17)15-18-8-4-3-5-9-18)25-22(23-2)24-12-11-21-27-26-20-10-6-7-13-29(20)21;/h3-10,13,17,19H,11-12,14-16H2,1-2H3,(H2,23,24,25);1H. The van der Waals surface area contributed by atoms with Crippen molar-refractivity contribution in [1.82, 2.24) is 30.1 Å². The van der Waals surface area contributed by atoms with Crippen molar-refractivity contribution in [3.05, 3.63) is 66.1 Å². The number of likely N-dealkylation sites (tertiary alicyclic amines) is 1. The second-order valence-corrected chi connectivity index (χ2v) is 7.64. The Morgan fingerprint density at radius 1 is 1.13 bits per heavy atom. The van der Waals surface area contributed by atoms with E-state index >= 15 is 0 Å². The molecule has 4 rings (SSSR count). The molecule has 8 heteroatoms. The molecule has 0 aliphatic carbocycles. The van der Waals surface area contributed by atoms with E-state index in [4.69, 9.17) is 0 Å². The Morgan fingerprint density at radius 3 is 2.73 bits per heavy atom. The molecule has 2 atom stereocenters. The molecule has 3 aromatic rings. The number of fused-ring (bicyclic) bond motifs is 1. The highest BCUT2D eigenvalue weighted by atomic mass is 127. The van der Waals surface area contributed by atoms with Gasteiger partial charge in [0.25, 0.3) is 0 Å². The molecule has 3 heterocycles. The summed E-state index contributed by atoms with van der Waals surface area (Å²) in [6, 6.07) is 17.6. The maximum atomic E-state index is 4.40. The van der Waals surface area contributed by atoms with Crippen LogP contribution in [-0.2, 0) is 13.0 Å². The molecule has 1 saturated heterocycles. The Kier molecular flexibility index (Phi) is 8.03. The Morgan fingerprint density at radius 2 is 1.93 bits per heavy atom. The fourth-order valence-electron chi connectivity index (χ4n) is 3.98. The second-order valence-electron chi connectivity index (χ2n) is 7.64. The number of hydrogen-bond acceptors (Lipinski definition) is 4. The number of pyridine rings is 1. The normalized spacial score (nSPS) is 19.6. The van der Waals surface area contributed by atoms with Gasteiger partial charge in [0.2, 0.25) is 0 Å². The topological polar surface area (TPSA) is 69.8 Å². The van der Waals surface area contributed by atoms with Crippen molar-refractivity contribution < 1.29 is 0 Å². The quantitative estimate of drug-likeness (QED) is 0.298. The van der Waals surface area contributed by atoms with Crippen molar-refractivity contribution >= 4 is 35.6 Å². The van der Waals surface area contributed by atoms with E-state index < -0.39 is 0 Å². The molecule has 7 nitrogen and oxygen atoms in total. The third kappa shape index (κ3) is 5.48. The minimum atomic E-state index is 0. The van der Waals surface area contributed by atoms with Crippen LogP contribution in [0.3, 0.4) is 0 Å². The third-order valence-electron chi connectivity index (χ3n) is 5.52. The molecule has 160 valence electrons. The number of benzene rings is 1. The van der Waals surface area contributed by atoms with Crippen LogP contribution in [0.15, 0.2) is 59.7 Å². The molecule has 0 spiro atoms. The van der Waals surface area contributed by atoms with Gasteiger partial charge in [0.1, 0.15) is 5.82 Å². The first-order valence-electron chi connectivity index (χ1n) is 10.3. The van der Waals surface area contributed by atoms with Gasteiger partial charge in [0.05, 0.1) is 0 Å². The molecular formula is C22H30IN7. The van der Waals surface area contributed by atoms with Crippen molar-refractivity contribution in [2.75, 3.05) is 20.1 Å². The van der Waals surface area contributed by atoms with E-state index in [0.29, 0.717) is 12.1 Å². The Bertz CT molecular complexity index is 956. The molecule has 0 saturated carbocycles. The second kappa shape index (κ2) is 10.7. The molecular weight excluding hydrogens is 489 g/mol. The predicted molar refractivity (Wildman–Crippen MR) is 131 cm³/mol. The molecule has 0 amide bonds. The zero-order chi connectivity index (χ0) is 20.1. The number of halogens is 1. The van der Waals surface area contributed by atoms with E-state index in [9.17, 15) is 0 Å². The monoisotopic (exact) mass is 519 g/mol. The van der Waals surface area contributed by atoms with Gasteiger partial charge in [0.15, 0.2) is 11.6 Å². The highest BCUT2D eigenvalue weighted by Gasteiger charge is 2.29. The molecule has 2 unspecified atom stereocenters. The molecule has 0 radical (unpaired) electrons. The number of nitrogens with one attached hydrogen (secondary N) is 2. The zero-order valence-corrected chi connectivity index (χ0v) is 19.9. The van der Waals surface area contributed by atoms with Crippen LogP contribution in [-0.4, -0.2) is 57.7 Å². The lowest BCUT2D eigenvalue weighted by Gasteiger charge is -2.21. The van der Waals surface area contributed by atoms with Crippen molar-refractivity contribution in [2.24, 2.45) is 4.99 Å². The van der Waals surface area contributed by atoms with Crippen LogP contribution in [0.1, 0.15) is 24.7 Å². The van der Waals surface area contributed by atoms with Crippen LogP contribution in [0.5, 0.6) is 0 Å². The zero-order valence-electron chi connectivity index (χ0n) is 17.5. The molecule has 30 heavy (non-hydrogen) atoms. The van der Waals surface area contributed by atoms with Gasteiger partial charge in [-0.1, -0.05) is 36.4 Å². The van der Waals surface area contributed by atoms with Crippen molar-refractivity contribution in [3.8, 4) is 0 Å². The van der Waals surface area contributed by atoms with Crippen molar-refractivity contribution in [2.45, 2.75) is 38.4 Å². The summed E-state index contributed by atoms with van der Waals surface area (Å²) < 4.78 is 2.03. The predicted octanol–water partition coefficient (Wildman–Crippen LogP) is 2.72. The van der Waals surface area contributed by atoms with Gasteiger partial charge in [0, 0.05) is 51.4 Å². The highest BCUT2D eigenvalue weighted by Crippen LogP contribution is 2.20. The number of rotatable bonds is 6. The molecule has 0 bridgehead atoms. The van der Waals surface area contributed by atoms with Gasteiger partial charge < -0.3 is 10.6 Å². The Balaban J connectivity index is 0.00000256. The molecule has 1 aromatic carbocycles. The number of hydrogen-bond donors (Lipinski definition) is 2. The van der Waals surface area contributed by atoms with E-state index in [1.165, 1.54) is 5.56 Å². The Labute approximate surface area is 195 Å². The fourth-order valence-corrected chi connectivity index (χ4v) is 3.98. The minimum Gasteiger partial charge on any atom is -0.356 e. The van der Waals surface area contributed by atoms with E-state index in [2.05, 4.69) is 68.0 Å². The summed E-state index contributed by atoms with van der Waals surface area (Å²) in [5.41, 5.74) is 2.24. The lowest BCUT2D eigenvalue weighted by molar-refractivity contribution is 0.258. The molecule has 1 aliphatic heterocycles. The van der Waals surface area contributed by atoms with E-state index in [1.54, 1.807) is 0 Å². The number of aliphatic imine (C=N–C) groups is 1. The van der Waals surface area contributed by atoms with Crippen molar-refractivity contribution in [3.63, 3.8) is 0 Å². The SMILES string of the molecule is CN=C(NCCc1nnc2ccccn12)NC1CC(C)N(Cc2ccccc2)C1.I. The first-order chi connectivity index (χ1) is 14.2. The largest absolute Gasteiger partial charge is 0.356 e.